The lowest BCUT2D eigenvalue weighted by Crippen LogP contribution is -2.30. The van der Waals surface area contributed by atoms with Gasteiger partial charge < -0.3 is 9.47 Å². The van der Waals surface area contributed by atoms with Gasteiger partial charge in [-0.2, -0.15) is 0 Å². The Bertz CT molecular complexity index is 415. The van der Waals surface area contributed by atoms with E-state index >= 15 is 0 Å². The highest BCUT2D eigenvalue weighted by Gasteiger charge is 2.29. The Hall–Kier alpha value is -1.62. The van der Waals surface area contributed by atoms with Gasteiger partial charge in [-0.25, -0.2) is 4.98 Å². The molecule has 0 bridgehead atoms. The van der Waals surface area contributed by atoms with Gasteiger partial charge in [-0.1, -0.05) is 17.7 Å². The van der Waals surface area contributed by atoms with Crippen molar-refractivity contribution in [3.63, 3.8) is 0 Å². The topological polar surface area (TPSA) is 65.5 Å². The first-order chi connectivity index (χ1) is 9.08. The molecule has 0 radical (unpaired) electrons. The number of carbonyl (C=O) groups excluding carboxylic acids is 2. The molecule has 1 rings (SSSR count). The molecule has 0 aliphatic heterocycles. The van der Waals surface area contributed by atoms with Gasteiger partial charge in [0.05, 0.1) is 13.2 Å². The van der Waals surface area contributed by atoms with Crippen molar-refractivity contribution in [2.45, 2.75) is 20.3 Å². The fourth-order valence-corrected chi connectivity index (χ4v) is 1.62. The minimum atomic E-state index is -0.970. The van der Waals surface area contributed by atoms with Crippen LogP contribution in [0.2, 0.25) is 5.15 Å². The summed E-state index contributed by atoms with van der Waals surface area (Å²) < 4.78 is 9.76. The minimum absolute atomic E-state index is 0.182. The first-order valence-corrected chi connectivity index (χ1v) is 6.40. The Morgan fingerprint density at radius 1 is 1.21 bits per heavy atom. The third-order valence-corrected chi connectivity index (χ3v) is 2.59. The second-order valence-corrected chi connectivity index (χ2v) is 4.14. The van der Waals surface area contributed by atoms with Crippen molar-refractivity contribution in [2.75, 3.05) is 13.2 Å². The molecule has 104 valence electrons. The van der Waals surface area contributed by atoms with Crippen LogP contribution in [0.5, 0.6) is 0 Å². The Kier molecular flexibility index (Phi) is 6.29. The van der Waals surface area contributed by atoms with E-state index in [4.69, 9.17) is 21.1 Å². The van der Waals surface area contributed by atoms with Crippen LogP contribution in [0, 0.1) is 5.92 Å². The van der Waals surface area contributed by atoms with Crippen molar-refractivity contribution >= 4 is 23.5 Å². The summed E-state index contributed by atoms with van der Waals surface area (Å²) in [6.07, 6.45) is 1.70. The quantitative estimate of drug-likeness (QED) is 0.454. The molecule has 19 heavy (non-hydrogen) atoms. The fraction of sp³-hybridized carbons (Fsp3) is 0.462. The van der Waals surface area contributed by atoms with Gasteiger partial charge in [0.1, 0.15) is 5.15 Å². The number of rotatable bonds is 6. The van der Waals surface area contributed by atoms with Crippen molar-refractivity contribution in [3.05, 3.63) is 29.0 Å². The second-order valence-electron chi connectivity index (χ2n) is 3.75. The number of hydrogen-bond acceptors (Lipinski definition) is 5. The van der Waals surface area contributed by atoms with Gasteiger partial charge in [-0.3, -0.25) is 9.59 Å². The molecule has 0 aromatic carbocycles. The molecule has 6 heteroatoms. The zero-order valence-corrected chi connectivity index (χ0v) is 11.6. The molecule has 0 saturated carbocycles. The van der Waals surface area contributed by atoms with Gasteiger partial charge >= 0.3 is 11.9 Å². The van der Waals surface area contributed by atoms with E-state index in [0.29, 0.717) is 5.15 Å². The van der Waals surface area contributed by atoms with Gasteiger partial charge in [0.15, 0.2) is 5.92 Å². The molecule has 1 aromatic heterocycles. The van der Waals surface area contributed by atoms with Crippen molar-refractivity contribution in [1.82, 2.24) is 4.98 Å². The summed E-state index contributed by atoms with van der Waals surface area (Å²) in [6, 6.07) is 3.31. The molecule has 1 heterocycles. The van der Waals surface area contributed by atoms with Crippen LogP contribution in [0.25, 0.3) is 0 Å². The average Bonchev–Trinajstić information content (AvgIpc) is 2.38. The number of nitrogens with zero attached hydrogens (tertiary/aromatic N) is 1. The van der Waals surface area contributed by atoms with Crippen LogP contribution in [-0.4, -0.2) is 30.1 Å². The number of pyridine rings is 1. The normalized spacial score (nSPS) is 10.3. The largest absolute Gasteiger partial charge is 0.465 e. The summed E-state index contributed by atoms with van der Waals surface area (Å²) in [4.78, 5) is 27.4. The number of aromatic nitrogens is 1. The van der Waals surface area contributed by atoms with Crippen LogP contribution in [0.1, 0.15) is 19.4 Å². The molecule has 0 N–H and O–H groups in total. The maximum Gasteiger partial charge on any atom is 0.320 e. The summed E-state index contributed by atoms with van der Waals surface area (Å²) in [5.74, 6) is -2.14. The van der Waals surface area contributed by atoms with Crippen LogP contribution in [-0.2, 0) is 25.5 Å². The Morgan fingerprint density at radius 2 is 1.79 bits per heavy atom. The highest BCUT2D eigenvalue weighted by molar-refractivity contribution is 6.29. The van der Waals surface area contributed by atoms with Crippen LogP contribution in [0.15, 0.2) is 18.3 Å². The predicted molar refractivity (Wildman–Crippen MR) is 69.7 cm³/mol. The molecule has 1 aromatic rings. The molecular formula is C13H16ClNO4. The van der Waals surface area contributed by atoms with Crippen molar-refractivity contribution in [3.8, 4) is 0 Å². The molecule has 0 aliphatic rings. The number of carbonyl (C=O) groups is 2. The average molecular weight is 286 g/mol. The maximum atomic E-state index is 11.8. The lowest BCUT2D eigenvalue weighted by atomic mass is 10.0. The van der Waals surface area contributed by atoms with Crippen LogP contribution in [0.4, 0.5) is 0 Å². The smallest absolute Gasteiger partial charge is 0.320 e. The van der Waals surface area contributed by atoms with E-state index in [1.165, 1.54) is 6.20 Å². The minimum Gasteiger partial charge on any atom is -0.465 e. The van der Waals surface area contributed by atoms with E-state index in [2.05, 4.69) is 4.98 Å². The summed E-state index contributed by atoms with van der Waals surface area (Å²) in [7, 11) is 0. The van der Waals surface area contributed by atoms with Gasteiger partial charge in [-0.15, -0.1) is 0 Å². The van der Waals surface area contributed by atoms with E-state index in [1.54, 1.807) is 26.0 Å². The SMILES string of the molecule is CCOC(=O)C(Cc1ccc(Cl)nc1)C(=O)OCC. The molecule has 0 fully saturated rings. The van der Waals surface area contributed by atoms with Crippen LogP contribution >= 0.6 is 11.6 Å². The van der Waals surface area contributed by atoms with Crippen LogP contribution in [0.3, 0.4) is 0 Å². The summed E-state index contributed by atoms with van der Waals surface area (Å²) in [5, 5.41) is 0.354. The van der Waals surface area contributed by atoms with E-state index < -0.39 is 17.9 Å². The van der Waals surface area contributed by atoms with E-state index in [9.17, 15) is 9.59 Å². The Morgan fingerprint density at radius 3 is 2.21 bits per heavy atom. The van der Waals surface area contributed by atoms with E-state index in [-0.39, 0.29) is 19.6 Å². The lowest BCUT2D eigenvalue weighted by molar-refractivity contribution is -0.161. The number of halogens is 1. The third kappa shape index (κ3) is 4.87. The number of esters is 2. The molecule has 0 atom stereocenters. The van der Waals surface area contributed by atoms with Crippen molar-refractivity contribution in [2.24, 2.45) is 5.92 Å². The van der Waals surface area contributed by atoms with Gasteiger partial charge in [0, 0.05) is 6.20 Å². The lowest BCUT2D eigenvalue weighted by Gasteiger charge is -2.14. The van der Waals surface area contributed by atoms with Gasteiger partial charge in [-0.05, 0) is 31.9 Å². The van der Waals surface area contributed by atoms with Crippen molar-refractivity contribution in [1.29, 1.82) is 0 Å². The molecule has 5 nitrogen and oxygen atoms in total. The highest BCUT2D eigenvalue weighted by Crippen LogP contribution is 2.14. The first-order valence-electron chi connectivity index (χ1n) is 6.02. The molecule has 0 amide bonds. The molecule has 0 aliphatic carbocycles. The zero-order valence-electron chi connectivity index (χ0n) is 10.9. The standard InChI is InChI=1S/C13H16ClNO4/c1-3-18-12(16)10(13(17)19-4-2)7-9-5-6-11(14)15-8-9/h5-6,8,10H,3-4,7H2,1-2H3. The highest BCUT2D eigenvalue weighted by atomic mass is 35.5. The fourth-order valence-electron chi connectivity index (χ4n) is 1.51. The number of hydrogen-bond donors (Lipinski definition) is 0. The predicted octanol–water partition coefficient (Wildman–Crippen LogP) is 2.02. The molecule has 0 saturated heterocycles. The maximum absolute atomic E-state index is 11.8. The zero-order chi connectivity index (χ0) is 14.3. The van der Waals surface area contributed by atoms with Crippen molar-refractivity contribution < 1.29 is 19.1 Å². The third-order valence-electron chi connectivity index (χ3n) is 2.37. The monoisotopic (exact) mass is 285 g/mol. The molecule has 0 unspecified atom stereocenters. The molecular weight excluding hydrogens is 270 g/mol. The second kappa shape index (κ2) is 7.74. The van der Waals surface area contributed by atoms with E-state index in [0.717, 1.165) is 5.56 Å². The Balaban J connectivity index is 2.81. The molecule has 0 spiro atoms. The van der Waals surface area contributed by atoms with Gasteiger partial charge in [0.2, 0.25) is 0 Å². The van der Waals surface area contributed by atoms with Crippen LogP contribution < -0.4 is 0 Å². The summed E-state index contributed by atoms with van der Waals surface area (Å²) in [6.45, 7) is 3.80. The van der Waals surface area contributed by atoms with Gasteiger partial charge in [0.25, 0.3) is 0 Å². The number of ether oxygens (including phenoxy) is 2. The summed E-state index contributed by atoms with van der Waals surface area (Å²) >= 11 is 5.68. The van der Waals surface area contributed by atoms with E-state index in [1.807, 2.05) is 0 Å². The first kappa shape index (κ1) is 15.4. The Labute approximate surface area is 116 Å². The summed E-state index contributed by atoms with van der Waals surface area (Å²) in [5.41, 5.74) is 0.718.